The molecule has 3 N–H and O–H groups in total. The fourth-order valence-electron chi connectivity index (χ4n) is 2.95. The monoisotopic (exact) mass is 353 g/mol. The van der Waals surface area contributed by atoms with E-state index in [9.17, 15) is 9.59 Å². The normalized spacial score (nSPS) is 21.8. The lowest BCUT2D eigenvalue weighted by Crippen LogP contribution is -2.58. The molecule has 2 fully saturated rings. The van der Waals surface area contributed by atoms with E-state index in [1.54, 1.807) is 4.90 Å². The zero-order chi connectivity index (χ0) is 16.2. The molecular weight excluding hydrogens is 330 g/mol. The van der Waals surface area contributed by atoms with E-state index in [0.29, 0.717) is 19.0 Å². The van der Waals surface area contributed by atoms with Crippen LogP contribution in [0.2, 0.25) is 0 Å². The van der Waals surface area contributed by atoms with Crippen LogP contribution in [0.1, 0.15) is 18.4 Å². The number of amides is 2. The standard InChI is InChI=1S/C17H23N3O3.ClH/c18-8-14(13-6-7-13)19-17(22)15-10-23-11-16(21)20(15)9-12-4-2-1-3-5-12;/h1-5,13-15H,6-11,18H2,(H,19,22);1H/t14?,15-;/m1./s1. The molecule has 6 nitrogen and oxygen atoms in total. The van der Waals surface area contributed by atoms with Gasteiger partial charge in [0.05, 0.1) is 6.61 Å². The van der Waals surface area contributed by atoms with E-state index in [2.05, 4.69) is 5.32 Å². The number of benzene rings is 1. The molecule has 7 heteroatoms. The van der Waals surface area contributed by atoms with Gasteiger partial charge in [0, 0.05) is 19.1 Å². The second-order valence-corrected chi connectivity index (χ2v) is 6.23. The third-order valence-corrected chi connectivity index (χ3v) is 4.47. The van der Waals surface area contributed by atoms with Crippen molar-refractivity contribution >= 4 is 24.2 Å². The van der Waals surface area contributed by atoms with Gasteiger partial charge >= 0.3 is 0 Å². The Morgan fingerprint density at radius 2 is 2.04 bits per heavy atom. The number of nitrogens with two attached hydrogens (primary N) is 1. The molecule has 2 atom stereocenters. The Morgan fingerprint density at radius 3 is 2.67 bits per heavy atom. The first kappa shape index (κ1) is 18.7. The molecule has 0 aromatic heterocycles. The van der Waals surface area contributed by atoms with Gasteiger partial charge in [-0.2, -0.15) is 0 Å². The molecule has 1 heterocycles. The molecule has 1 aliphatic heterocycles. The summed E-state index contributed by atoms with van der Waals surface area (Å²) < 4.78 is 5.29. The molecule has 0 spiro atoms. The third-order valence-electron chi connectivity index (χ3n) is 4.47. The molecule has 1 saturated carbocycles. The van der Waals surface area contributed by atoms with Crippen molar-refractivity contribution < 1.29 is 14.3 Å². The fourth-order valence-corrected chi connectivity index (χ4v) is 2.95. The molecule has 1 aliphatic carbocycles. The zero-order valence-electron chi connectivity index (χ0n) is 13.5. The third kappa shape index (κ3) is 4.47. The van der Waals surface area contributed by atoms with Gasteiger partial charge in [-0.1, -0.05) is 30.3 Å². The quantitative estimate of drug-likeness (QED) is 0.788. The van der Waals surface area contributed by atoms with Crippen LogP contribution < -0.4 is 11.1 Å². The van der Waals surface area contributed by atoms with Crippen molar-refractivity contribution in [3.8, 4) is 0 Å². The first-order valence-corrected chi connectivity index (χ1v) is 8.10. The van der Waals surface area contributed by atoms with E-state index >= 15 is 0 Å². The summed E-state index contributed by atoms with van der Waals surface area (Å²) in [4.78, 5) is 26.4. The van der Waals surface area contributed by atoms with Crippen LogP contribution in [-0.4, -0.2) is 48.6 Å². The molecule has 2 aliphatic rings. The summed E-state index contributed by atoms with van der Waals surface area (Å²) in [6.45, 7) is 1.10. The first-order chi connectivity index (χ1) is 11.2. The van der Waals surface area contributed by atoms with E-state index in [-0.39, 0.29) is 43.5 Å². The minimum Gasteiger partial charge on any atom is -0.369 e. The van der Waals surface area contributed by atoms with Crippen molar-refractivity contribution in [1.29, 1.82) is 0 Å². The Hall–Kier alpha value is -1.63. The number of hydrogen-bond acceptors (Lipinski definition) is 4. The van der Waals surface area contributed by atoms with Gasteiger partial charge in [-0.25, -0.2) is 0 Å². The number of nitrogens with zero attached hydrogens (tertiary/aromatic N) is 1. The number of halogens is 1. The fraction of sp³-hybridized carbons (Fsp3) is 0.529. The lowest BCUT2D eigenvalue weighted by molar-refractivity contribution is -0.156. The van der Waals surface area contributed by atoms with Crippen LogP contribution in [0.4, 0.5) is 0 Å². The summed E-state index contributed by atoms with van der Waals surface area (Å²) >= 11 is 0. The largest absolute Gasteiger partial charge is 0.369 e. The topological polar surface area (TPSA) is 84.7 Å². The molecule has 2 amide bonds. The number of hydrogen-bond donors (Lipinski definition) is 2. The van der Waals surface area contributed by atoms with Crippen molar-refractivity contribution in [2.24, 2.45) is 11.7 Å². The minimum atomic E-state index is -0.593. The van der Waals surface area contributed by atoms with Crippen LogP contribution in [0, 0.1) is 5.92 Å². The Balaban J connectivity index is 0.00000208. The molecule has 1 aromatic carbocycles. The van der Waals surface area contributed by atoms with Gasteiger partial charge in [-0.05, 0) is 24.3 Å². The Bertz CT molecular complexity index is 565. The molecular formula is C17H24ClN3O3. The van der Waals surface area contributed by atoms with Gasteiger partial charge in [-0.3, -0.25) is 9.59 Å². The molecule has 132 valence electrons. The number of nitrogens with one attached hydrogen (secondary N) is 1. The summed E-state index contributed by atoms with van der Waals surface area (Å²) in [5, 5.41) is 3.00. The van der Waals surface area contributed by atoms with Crippen LogP contribution in [0.25, 0.3) is 0 Å². The van der Waals surface area contributed by atoms with Gasteiger partial charge in [0.25, 0.3) is 0 Å². The van der Waals surface area contributed by atoms with Crippen molar-refractivity contribution in [2.45, 2.75) is 31.5 Å². The summed E-state index contributed by atoms with van der Waals surface area (Å²) in [7, 11) is 0. The highest BCUT2D eigenvalue weighted by Gasteiger charge is 2.37. The Morgan fingerprint density at radius 1 is 1.33 bits per heavy atom. The van der Waals surface area contributed by atoms with Crippen LogP contribution in [0.5, 0.6) is 0 Å². The second kappa shape index (κ2) is 8.46. The van der Waals surface area contributed by atoms with Crippen molar-refractivity contribution in [3.63, 3.8) is 0 Å². The van der Waals surface area contributed by atoms with E-state index in [1.807, 2.05) is 30.3 Å². The highest BCUT2D eigenvalue weighted by Crippen LogP contribution is 2.32. The van der Waals surface area contributed by atoms with Gasteiger partial charge < -0.3 is 20.7 Å². The Kier molecular flexibility index (Phi) is 6.60. The SMILES string of the molecule is Cl.NCC(NC(=O)[C@H]1COCC(=O)N1Cc1ccccc1)C1CC1. The molecule has 24 heavy (non-hydrogen) atoms. The lowest BCUT2D eigenvalue weighted by atomic mass is 10.1. The maximum atomic E-state index is 12.6. The average Bonchev–Trinajstić information content (AvgIpc) is 3.40. The maximum absolute atomic E-state index is 12.6. The predicted molar refractivity (Wildman–Crippen MR) is 92.6 cm³/mol. The first-order valence-electron chi connectivity index (χ1n) is 8.10. The van der Waals surface area contributed by atoms with Gasteiger partial charge in [-0.15, -0.1) is 12.4 Å². The van der Waals surface area contributed by atoms with E-state index in [1.165, 1.54) is 0 Å². The number of carbonyl (C=O) groups excluding carboxylic acids is 2. The van der Waals surface area contributed by atoms with Gasteiger partial charge in [0.15, 0.2) is 0 Å². The summed E-state index contributed by atoms with van der Waals surface area (Å²) in [5.74, 6) is 0.152. The van der Waals surface area contributed by atoms with Gasteiger partial charge in [0.2, 0.25) is 11.8 Å². The molecule has 1 unspecified atom stereocenters. The Labute approximate surface area is 148 Å². The van der Waals surface area contributed by atoms with Crippen LogP contribution in [0.15, 0.2) is 30.3 Å². The zero-order valence-corrected chi connectivity index (χ0v) is 14.3. The van der Waals surface area contributed by atoms with E-state index < -0.39 is 6.04 Å². The van der Waals surface area contributed by atoms with Crippen molar-refractivity contribution in [1.82, 2.24) is 10.2 Å². The smallest absolute Gasteiger partial charge is 0.249 e. The molecule has 3 rings (SSSR count). The van der Waals surface area contributed by atoms with E-state index in [0.717, 1.165) is 18.4 Å². The lowest BCUT2D eigenvalue weighted by Gasteiger charge is -2.35. The van der Waals surface area contributed by atoms with E-state index in [4.69, 9.17) is 10.5 Å². The molecule has 1 saturated heterocycles. The highest BCUT2D eigenvalue weighted by molar-refractivity contribution is 5.89. The molecule has 0 bridgehead atoms. The highest BCUT2D eigenvalue weighted by atomic mass is 35.5. The predicted octanol–water partition coefficient (Wildman–Crippen LogP) is 0.689. The van der Waals surface area contributed by atoms with Crippen LogP contribution >= 0.6 is 12.4 Å². The van der Waals surface area contributed by atoms with Crippen LogP contribution in [-0.2, 0) is 20.9 Å². The summed E-state index contributed by atoms with van der Waals surface area (Å²) in [6, 6.07) is 9.08. The molecule has 1 aromatic rings. The minimum absolute atomic E-state index is 0. The number of rotatable bonds is 6. The second-order valence-electron chi connectivity index (χ2n) is 6.23. The number of ether oxygens (including phenoxy) is 1. The number of carbonyl (C=O) groups is 2. The number of morpholine rings is 1. The molecule has 0 radical (unpaired) electrons. The van der Waals surface area contributed by atoms with Crippen molar-refractivity contribution in [3.05, 3.63) is 35.9 Å². The van der Waals surface area contributed by atoms with Crippen LogP contribution in [0.3, 0.4) is 0 Å². The average molecular weight is 354 g/mol. The summed E-state index contributed by atoms with van der Waals surface area (Å²) in [6.07, 6.45) is 2.21. The van der Waals surface area contributed by atoms with Crippen molar-refractivity contribution in [2.75, 3.05) is 19.8 Å². The maximum Gasteiger partial charge on any atom is 0.249 e. The van der Waals surface area contributed by atoms with Gasteiger partial charge in [0.1, 0.15) is 12.6 Å². The summed E-state index contributed by atoms with van der Waals surface area (Å²) in [5.41, 5.74) is 6.75.